The highest BCUT2D eigenvalue weighted by atomic mass is 32.1. The Bertz CT molecular complexity index is 1080. The van der Waals surface area contributed by atoms with Crippen molar-refractivity contribution in [3.63, 3.8) is 0 Å². The molecule has 2 heterocycles. The van der Waals surface area contributed by atoms with Gasteiger partial charge in [-0.05, 0) is 26.0 Å². The molecule has 0 saturated heterocycles. The van der Waals surface area contributed by atoms with E-state index in [9.17, 15) is 4.79 Å². The van der Waals surface area contributed by atoms with E-state index in [1.54, 1.807) is 11.3 Å². The summed E-state index contributed by atoms with van der Waals surface area (Å²) in [5.41, 5.74) is 5.15. The van der Waals surface area contributed by atoms with Crippen molar-refractivity contribution in [3.05, 3.63) is 69.8 Å². The fourth-order valence-corrected chi connectivity index (χ4v) is 4.14. The van der Waals surface area contributed by atoms with Crippen molar-refractivity contribution in [2.45, 2.75) is 26.7 Å². The maximum absolute atomic E-state index is 12.5. The lowest BCUT2D eigenvalue weighted by atomic mass is 10.1. The van der Waals surface area contributed by atoms with Crippen LogP contribution in [0.4, 0.5) is 0 Å². The van der Waals surface area contributed by atoms with Gasteiger partial charge < -0.3 is 10.3 Å². The van der Waals surface area contributed by atoms with E-state index in [4.69, 9.17) is 0 Å². The number of fused-ring (bicyclic) bond motifs is 1. The average molecular weight is 391 g/mol. The molecule has 2 aromatic heterocycles. The number of nitrogens with zero attached hydrogens (tertiary/aromatic N) is 2. The molecule has 0 aliphatic carbocycles. The van der Waals surface area contributed by atoms with E-state index in [1.165, 1.54) is 5.56 Å². The van der Waals surface area contributed by atoms with E-state index in [0.717, 1.165) is 38.0 Å². The van der Waals surface area contributed by atoms with E-state index >= 15 is 0 Å². The van der Waals surface area contributed by atoms with Crippen molar-refractivity contribution in [2.24, 2.45) is 0 Å². The van der Waals surface area contributed by atoms with Crippen LogP contribution < -0.4 is 5.32 Å². The zero-order valence-electron chi connectivity index (χ0n) is 16.0. The Morgan fingerprint density at radius 3 is 2.64 bits per heavy atom. The quantitative estimate of drug-likeness (QED) is 0.518. The van der Waals surface area contributed by atoms with Gasteiger partial charge in [-0.25, -0.2) is 9.97 Å². The van der Waals surface area contributed by atoms with Crippen LogP contribution in [0.2, 0.25) is 0 Å². The van der Waals surface area contributed by atoms with Gasteiger partial charge in [0.2, 0.25) is 5.91 Å². The van der Waals surface area contributed by atoms with Gasteiger partial charge in [-0.3, -0.25) is 4.79 Å². The van der Waals surface area contributed by atoms with Gasteiger partial charge in [-0.2, -0.15) is 0 Å². The molecule has 2 N–H and O–H groups in total. The molecule has 142 valence electrons. The van der Waals surface area contributed by atoms with Crippen molar-refractivity contribution in [2.75, 3.05) is 6.54 Å². The molecule has 0 saturated carbocycles. The van der Waals surface area contributed by atoms with Crippen molar-refractivity contribution < 1.29 is 4.79 Å². The van der Waals surface area contributed by atoms with Crippen LogP contribution >= 0.6 is 11.3 Å². The number of thiazole rings is 1. The van der Waals surface area contributed by atoms with Gasteiger partial charge >= 0.3 is 0 Å². The molecule has 0 radical (unpaired) electrons. The van der Waals surface area contributed by atoms with Gasteiger partial charge in [0.15, 0.2) is 0 Å². The highest BCUT2D eigenvalue weighted by Crippen LogP contribution is 2.28. The molecule has 2 aromatic carbocycles. The van der Waals surface area contributed by atoms with E-state index in [-0.39, 0.29) is 5.91 Å². The standard InChI is InChI=1S/C22H22N4OS/c1-14-7-9-16(10-8-14)22-19(28-15(2)24-22)13-21(27)23-12-11-20-25-17-5-3-4-6-18(17)26-20/h3-10H,11-13H2,1-2H3,(H,23,27)(H,25,26). The zero-order valence-corrected chi connectivity index (χ0v) is 16.8. The minimum absolute atomic E-state index is 0.00752. The van der Waals surface area contributed by atoms with Crippen LogP contribution in [0.15, 0.2) is 48.5 Å². The Kier molecular flexibility index (Phi) is 5.21. The summed E-state index contributed by atoms with van der Waals surface area (Å²) in [6, 6.07) is 16.2. The third-order valence-electron chi connectivity index (χ3n) is 4.57. The topological polar surface area (TPSA) is 70.7 Å². The monoisotopic (exact) mass is 390 g/mol. The maximum Gasteiger partial charge on any atom is 0.225 e. The van der Waals surface area contributed by atoms with E-state index in [1.807, 2.05) is 31.2 Å². The lowest BCUT2D eigenvalue weighted by molar-refractivity contribution is -0.120. The third kappa shape index (κ3) is 4.12. The molecular weight excluding hydrogens is 368 g/mol. The first-order valence-electron chi connectivity index (χ1n) is 9.32. The molecule has 6 heteroatoms. The largest absolute Gasteiger partial charge is 0.355 e. The Morgan fingerprint density at radius 2 is 1.86 bits per heavy atom. The van der Waals surface area contributed by atoms with Crippen molar-refractivity contribution >= 4 is 28.3 Å². The predicted octanol–water partition coefficient (Wildman–Crippen LogP) is 4.20. The van der Waals surface area contributed by atoms with Crippen molar-refractivity contribution in [1.29, 1.82) is 0 Å². The van der Waals surface area contributed by atoms with Gasteiger partial charge in [-0.1, -0.05) is 42.0 Å². The number of hydrogen-bond donors (Lipinski definition) is 2. The highest BCUT2D eigenvalue weighted by molar-refractivity contribution is 7.12. The van der Waals surface area contributed by atoms with Crippen molar-refractivity contribution in [1.82, 2.24) is 20.3 Å². The molecule has 5 nitrogen and oxygen atoms in total. The molecule has 1 amide bonds. The molecule has 0 atom stereocenters. The summed E-state index contributed by atoms with van der Waals surface area (Å²) >= 11 is 1.58. The Balaban J connectivity index is 1.38. The summed E-state index contributed by atoms with van der Waals surface area (Å²) in [5, 5.41) is 3.97. The first-order chi connectivity index (χ1) is 13.6. The molecule has 0 aliphatic rings. The summed E-state index contributed by atoms with van der Waals surface area (Å²) in [6.45, 7) is 4.59. The lowest BCUT2D eigenvalue weighted by Gasteiger charge is -2.05. The molecule has 0 aliphatic heterocycles. The SMILES string of the molecule is Cc1ccc(-c2nc(C)sc2CC(=O)NCCc2nc3ccccc3[nH]2)cc1. The number of benzene rings is 2. The molecule has 0 unspecified atom stereocenters. The van der Waals surface area contributed by atoms with E-state index in [0.29, 0.717) is 19.4 Å². The number of aryl methyl sites for hydroxylation is 2. The van der Waals surface area contributed by atoms with Crippen LogP contribution in [-0.2, 0) is 17.6 Å². The summed E-state index contributed by atoms with van der Waals surface area (Å²) in [6.07, 6.45) is 1.02. The highest BCUT2D eigenvalue weighted by Gasteiger charge is 2.15. The van der Waals surface area contributed by atoms with Crippen LogP contribution in [0.25, 0.3) is 22.3 Å². The normalized spacial score (nSPS) is 11.1. The summed E-state index contributed by atoms with van der Waals surface area (Å²) < 4.78 is 0. The number of hydrogen-bond acceptors (Lipinski definition) is 4. The van der Waals surface area contributed by atoms with E-state index < -0.39 is 0 Å². The Labute approximate surface area is 167 Å². The molecule has 4 rings (SSSR count). The van der Waals surface area contributed by atoms with Crippen LogP contribution in [0.5, 0.6) is 0 Å². The number of carbonyl (C=O) groups is 1. The first kappa shape index (κ1) is 18.4. The second-order valence-electron chi connectivity index (χ2n) is 6.85. The van der Waals surface area contributed by atoms with Crippen LogP contribution in [0.3, 0.4) is 0 Å². The number of aromatic amines is 1. The molecule has 0 bridgehead atoms. The van der Waals surface area contributed by atoms with Crippen LogP contribution in [-0.4, -0.2) is 27.4 Å². The summed E-state index contributed by atoms with van der Waals surface area (Å²) in [4.78, 5) is 25.9. The smallest absolute Gasteiger partial charge is 0.225 e. The van der Waals surface area contributed by atoms with E-state index in [2.05, 4.69) is 51.5 Å². The number of aromatic nitrogens is 3. The number of nitrogens with one attached hydrogen (secondary N) is 2. The van der Waals surface area contributed by atoms with Gasteiger partial charge in [0.05, 0.1) is 28.2 Å². The average Bonchev–Trinajstić information content (AvgIpc) is 3.25. The Hall–Kier alpha value is -2.99. The lowest BCUT2D eigenvalue weighted by Crippen LogP contribution is -2.27. The van der Waals surface area contributed by atoms with Crippen molar-refractivity contribution in [3.8, 4) is 11.3 Å². The van der Waals surface area contributed by atoms with Gasteiger partial charge in [0, 0.05) is 23.4 Å². The molecule has 0 spiro atoms. The summed E-state index contributed by atoms with van der Waals surface area (Å²) in [7, 11) is 0. The van der Waals surface area contributed by atoms with Gasteiger partial charge in [-0.15, -0.1) is 11.3 Å². The second-order valence-corrected chi connectivity index (χ2v) is 8.14. The number of rotatable bonds is 6. The summed E-state index contributed by atoms with van der Waals surface area (Å²) in [5.74, 6) is 0.892. The van der Waals surface area contributed by atoms with Gasteiger partial charge in [0.1, 0.15) is 5.82 Å². The molecular formula is C22H22N4OS. The third-order valence-corrected chi connectivity index (χ3v) is 5.54. The number of carbonyl (C=O) groups excluding carboxylic acids is 1. The number of para-hydroxylation sites is 2. The minimum Gasteiger partial charge on any atom is -0.355 e. The number of amides is 1. The maximum atomic E-state index is 12.5. The number of H-pyrrole nitrogens is 1. The molecule has 4 aromatic rings. The Morgan fingerprint density at radius 1 is 1.07 bits per heavy atom. The van der Waals surface area contributed by atoms with Crippen LogP contribution in [0.1, 0.15) is 21.3 Å². The zero-order chi connectivity index (χ0) is 19.5. The molecule has 0 fully saturated rings. The fraction of sp³-hybridized carbons (Fsp3) is 0.227. The van der Waals surface area contributed by atoms with Gasteiger partial charge in [0.25, 0.3) is 0 Å². The first-order valence-corrected chi connectivity index (χ1v) is 10.1. The second kappa shape index (κ2) is 7.94. The molecule has 28 heavy (non-hydrogen) atoms. The minimum atomic E-state index is 0.00752. The van der Waals surface area contributed by atoms with Crippen LogP contribution in [0, 0.1) is 13.8 Å². The fourth-order valence-electron chi connectivity index (χ4n) is 3.18. The predicted molar refractivity (Wildman–Crippen MR) is 114 cm³/mol. The number of imidazole rings is 1.